The molecule has 3 N–H and O–H groups in total. The summed E-state index contributed by atoms with van der Waals surface area (Å²) < 4.78 is 25.2. The van der Waals surface area contributed by atoms with E-state index in [9.17, 15) is 8.42 Å². The fourth-order valence-electron chi connectivity index (χ4n) is 1.30. The standard InChI is InChI=1S/C9H15N3O3S/c1-2-12(6-7-13)16(14,15)9-8(10)4-3-5-11-9/h3-5,13H,2,6-7,10H2,1H3. The Balaban J connectivity index is 3.15. The van der Waals surface area contributed by atoms with E-state index in [0.717, 1.165) is 4.31 Å². The fourth-order valence-corrected chi connectivity index (χ4v) is 2.77. The summed E-state index contributed by atoms with van der Waals surface area (Å²) in [5, 5.41) is 8.63. The number of aliphatic hydroxyl groups excluding tert-OH is 1. The second kappa shape index (κ2) is 5.24. The number of hydrogen-bond donors (Lipinski definition) is 2. The van der Waals surface area contributed by atoms with Crippen LogP contribution in [-0.2, 0) is 10.0 Å². The first-order valence-electron chi connectivity index (χ1n) is 4.85. The number of nitrogen functional groups attached to an aromatic ring is 1. The van der Waals surface area contributed by atoms with Crippen LogP contribution in [0, 0.1) is 0 Å². The smallest absolute Gasteiger partial charge is 0.262 e. The molecule has 0 aromatic carbocycles. The van der Waals surface area contributed by atoms with Crippen LogP contribution < -0.4 is 5.73 Å². The van der Waals surface area contributed by atoms with E-state index in [1.54, 1.807) is 13.0 Å². The number of hydrogen-bond acceptors (Lipinski definition) is 5. The SMILES string of the molecule is CCN(CCO)S(=O)(=O)c1ncccc1N. The Morgan fingerprint density at radius 2 is 2.25 bits per heavy atom. The topological polar surface area (TPSA) is 96.5 Å². The first kappa shape index (κ1) is 12.9. The van der Waals surface area contributed by atoms with Crippen LogP contribution in [0.4, 0.5) is 5.69 Å². The molecular formula is C9H15N3O3S. The number of pyridine rings is 1. The first-order valence-corrected chi connectivity index (χ1v) is 6.29. The van der Waals surface area contributed by atoms with Gasteiger partial charge in [-0.15, -0.1) is 0 Å². The lowest BCUT2D eigenvalue weighted by Crippen LogP contribution is -2.34. The number of likely N-dealkylation sites (N-methyl/N-ethyl adjacent to an activating group) is 1. The average molecular weight is 245 g/mol. The normalized spacial score (nSPS) is 11.9. The molecule has 6 nitrogen and oxygen atoms in total. The molecule has 7 heteroatoms. The van der Waals surface area contributed by atoms with E-state index in [1.165, 1.54) is 12.3 Å². The highest BCUT2D eigenvalue weighted by Gasteiger charge is 2.25. The van der Waals surface area contributed by atoms with Gasteiger partial charge in [-0.25, -0.2) is 13.4 Å². The maximum absolute atomic E-state index is 12.0. The Kier molecular flexibility index (Phi) is 4.22. The molecule has 0 fully saturated rings. The van der Waals surface area contributed by atoms with Crippen LogP contribution in [0.15, 0.2) is 23.4 Å². The molecule has 0 aliphatic heterocycles. The molecule has 0 saturated heterocycles. The van der Waals surface area contributed by atoms with Crippen LogP contribution in [0.25, 0.3) is 0 Å². The van der Waals surface area contributed by atoms with E-state index in [-0.39, 0.29) is 30.4 Å². The average Bonchev–Trinajstić information content (AvgIpc) is 2.26. The molecule has 1 aromatic heterocycles. The Bertz CT molecular complexity index is 447. The third kappa shape index (κ3) is 2.49. The van der Waals surface area contributed by atoms with Crippen molar-refractivity contribution in [1.29, 1.82) is 0 Å². The van der Waals surface area contributed by atoms with Gasteiger partial charge in [0.2, 0.25) is 0 Å². The zero-order valence-electron chi connectivity index (χ0n) is 9.00. The molecule has 1 rings (SSSR count). The second-order valence-electron chi connectivity index (χ2n) is 3.12. The highest BCUT2D eigenvalue weighted by atomic mass is 32.2. The van der Waals surface area contributed by atoms with Gasteiger partial charge in [-0.2, -0.15) is 4.31 Å². The number of aliphatic hydroxyl groups is 1. The van der Waals surface area contributed by atoms with Crippen molar-refractivity contribution in [2.75, 3.05) is 25.4 Å². The lowest BCUT2D eigenvalue weighted by molar-refractivity contribution is 0.257. The Hall–Kier alpha value is -1.18. The summed E-state index contributed by atoms with van der Waals surface area (Å²) in [6, 6.07) is 3.04. The van der Waals surface area contributed by atoms with Crippen molar-refractivity contribution >= 4 is 15.7 Å². The first-order chi connectivity index (χ1) is 7.54. The van der Waals surface area contributed by atoms with Crippen molar-refractivity contribution in [2.45, 2.75) is 11.9 Å². The summed E-state index contributed by atoms with van der Waals surface area (Å²) in [5.74, 6) is 0. The molecule has 0 amide bonds. The molecule has 0 radical (unpaired) electrons. The quantitative estimate of drug-likeness (QED) is 0.740. The zero-order chi connectivity index (χ0) is 12.2. The highest BCUT2D eigenvalue weighted by molar-refractivity contribution is 7.89. The number of sulfonamides is 1. The molecule has 0 bridgehead atoms. The van der Waals surface area contributed by atoms with Crippen molar-refractivity contribution < 1.29 is 13.5 Å². The van der Waals surface area contributed by atoms with Crippen LogP contribution in [-0.4, -0.2) is 42.5 Å². The third-order valence-corrected chi connectivity index (χ3v) is 4.04. The van der Waals surface area contributed by atoms with Crippen LogP contribution in [0.1, 0.15) is 6.92 Å². The van der Waals surface area contributed by atoms with E-state index in [4.69, 9.17) is 10.8 Å². The minimum atomic E-state index is -3.71. The third-order valence-electron chi connectivity index (χ3n) is 2.09. The summed E-state index contributed by atoms with van der Waals surface area (Å²) in [7, 11) is -3.71. The number of rotatable bonds is 5. The van der Waals surface area contributed by atoms with E-state index < -0.39 is 10.0 Å². The number of aromatic nitrogens is 1. The molecule has 16 heavy (non-hydrogen) atoms. The fraction of sp³-hybridized carbons (Fsp3) is 0.444. The lowest BCUT2D eigenvalue weighted by atomic mass is 10.4. The second-order valence-corrected chi connectivity index (χ2v) is 4.97. The van der Waals surface area contributed by atoms with Crippen LogP contribution in [0.2, 0.25) is 0 Å². The predicted molar refractivity (Wildman–Crippen MR) is 60.2 cm³/mol. The van der Waals surface area contributed by atoms with Crippen molar-refractivity contribution in [3.8, 4) is 0 Å². The molecular weight excluding hydrogens is 230 g/mol. The van der Waals surface area contributed by atoms with Crippen LogP contribution in [0.5, 0.6) is 0 Å². The van der Waals surface area contributed by atoms with Gasteiger partial charge in [0.15, 0.2) is 5.03 Å². The molecule has 0 aliphatic rings. The van der Waals surface area contributed by atoms with Crippen molar-refractivity contribution in [1.82, 2.24) is 9.29 Å². The maximum Gasteiger partial charge on any atom is 0.262 e. The van der Waals surface area contributed by atoms with Crippen molar-refractivity contribution in [2.24, 2.45) is 0 Å². The van der Waals surface area contributed by atoms with Crippen molar-refractivity contribution in [3.05, 3.63) is 18.3 Å². The van der Waals surface area contributed by atoms with Gasteiger partial charge < -0.3 is 10.8 Å². The maximum atomic E-state index is 12.0. The monoisotopic (exact) mass is 245 g/mol. The summed E-state index contributed by atoms with van der Waals surface area (Å²) in [6.45, 7) is 1.75. The molecule has 1 heterocycles. The summed E-state index contributed by atoms with van der Waals surface area (Å²) >= 11 is 0. The minimum Gasteiger partial charge on any atom is -0.396 e. The van der Waals surface area contributed by atoms with Gasteiger partial charge in [-0.05, 0) is 12.1 Å². The van der Waals surface area contributed by atoms with Crippen LogP contribution >= 0.6 is 0 Å². The van der Waals surface area contributed by atoms with E-state index in [0.29, 0.717) is 0 Å². The van der Waals surface area contributed by atoms with Gasteiger partial charge in [-0.3, -0.25) is 0 Å². The van der Waals surface area contributed by atoms with Gasteiger partial charge >= 0.3 is 0 Å². The van der Waals surface area contributed by atoms with Crippen molar-refractivity contribution in [3.63, 3.8) is 0 Å². The molecule has 90 valence electrons. The molecule has 0 aliphatic carbocycles. The molecule has 0 atom stereocenters. The van der Waals surface area contributed by atoms with Gasteiger partial charge in [-0.1, -0.05) is 6.92 Å². The Morgan fingerprint density at radius 1 is 1.56 bits per heavy atom. The van der Waals surface area contributed by atoms with Gasteiger partial charge in [0, 0.05) is 19.3 Å². The van der Waals surface area contributed by atoms with E-state index in [1.807, 2.05) is 0 Å². The number of anilines is 1. The predicted octanol–water partition coefficient (Wildman–Crippen LogP) is -0.333. The minimum absolute atomic E-state index is 0.0366. The molecule has 0 saturated carbocycles. The molecule has 0 unspecified atom stereocenters. The molecule has 1 aromatic rings. The summed E-state index contributed by atoms with van der Waals surface area (Å²) in [5.41, 5.74) is 5.67. The largest absolute Gasteiger partial charge is 0.396 e. The van der Waals surface area contributed by atoms with E-state index >= 15 is 0 Å². The number of nitrogens with zero attached hydrogens (tertiary/aromatic N) is 2. The summed E-state index contributed by atoms with van der Waals surface area (Å²) in [6.07, 6.45) is 1.37. The van der Waals surface area contributed by atoms with Gasteiger partial charge in [0.1, 0.15) is 0 Å². The Morgan fingerprint density at radius 3 is 2.75 bits per heavy atom. The van der Waals surface area contributed by atoms with Gasteiger partial charge in [0.25, 0.3) is 10.0 Å². The number of nitrogens with two attached hydrogens (primary N) is 1. The Labute approximate surface area is 94.8 Å². The molecule has 0 spiro atoms. The van der Waals surface area contributed by atoms with Gasteiger partial charge in [0.05, 0.1) is 12.3 Å². The summed E-state index contributed by atoms with van der Waals surface area (Å²) in [4.78, 5) is 3.76. The lowest BCUT2D eigenvalue weighted by Gasteiger charge is -2.19. The zero-order valence-corrected chi connectivity index (χ0v) is 9.81. The highest BCUT2D eigenvalue weighted by Crippen LogP contribution is 2.18. The van der Waals surface area contributed by atoms with Crippen LogP contribution in [0.3, 0.4) is 0 Å². The van der Waals surface area contributed by atoms with E-state index in [2.05, 4.69) is 4.98 Å².